The van der Waals surface area contributed by atoms with E-state index < -0.39 is 48.9 Å². The molecule has 0 saturated heterocycles. The molecule has 5 N–H and O–H groups in total. The van der Waals surface area contributed by atoms with Gasteiger partial charge in [-0.1, -0.05) is 63.9 Å². The molecule has 0 spiro atoms. The van der Waals surface area contributed by atoms with Crippen LogP contribution in [-0.4, -0.2) is 66.9 Å². The molecule has 0 saturated carbocycles. The van der Waals surface area contributed by atoms with Gasteiger partial charge in [0.2, 0.25) is 18.2 Å². The molecule has 10 heteroatoms. The van der Waals surface area contributed by atoms with Crippen molar-refractivity contribution in [2.24, 2.45) is 11.7 Å². The fraction of sp³-hybridized carbons (Fsp3) is 0.625. The average molecular weight is 487 g/mol. The van der Waals surface area contributed by atoms with Crippen molar-refractivity contribution in [3.8, 4) is 0 Å². The quantitative estimate of drug-likeness (QED) is 0.340. The summed E-state index contributed by atoms with van der Waals surface area (Å²) in [7, 11) is 3.12. The highest BCUT2D eigenvalue weighted by atomic mass is 19.3. The van der Waals surface area contributed by atoms with Gasteiger partial charge in [-0.3, -0.25) is 14.4 Å². The molecule has 0 aromatic heterocycles. The number of rotatable bonds is 13. The molecule has 0 radical (unpaired) electrons. The van der Waals surface area contributed by atoms with Crippen LogP contribution in [0.2, 0.25) is 0 Å². The third kappa shape index (κ3) is 11.5. The molecular weight excluding hydrogens is 446 g/mol. The topological polar surface area (TPSA) is 125 Å². The van der Waals surface area contributed by atoms with Crippen LogP contribution in [0, 0.1) is 5.92 Å². The van der Waals surface area contributed by atoms with E-state index in [9.17, 15) is 28.3 Å². The zero-order chi connectivity index (χ0) is 26.3. The van der Waals surface area contributed by atoms with Gasteiger partial charge in [-0.15, -0.1) is 0 Å². The monoisotopic (exact) mass is 486 g/mol. The summed E-state index contributed by atoms with van der Waals surface area (Å²) in [6, 6.07) is 6.65. The third-order valence-corrected chi connectivity index (χ3v) is 5.04. The lowest BCUT2D eigenvalue weighted by atomic mass is 9.90. The Morgan fingerprint density at radius 2 is 1.68 bits per heavy atom. The van der Waals surface area contributed by atoms with Gasteiger partial charge < -0.3 is 26.4 Å². The highest BCUT2D eigenvalue weighted by molar-refractivity contribution is 5.91. The Morgan fingerprint density at radius 3 is 2.18 bits per heavy atom. The predicted molar refractivity (Wildman–Crippen MR) is 128 cm³/mol. The second-order valence-corrected chi connectivity index (χ2v) is 7.99. The fourth-order valence-corrected chi connectivity index (χ4v) is 3.38. The van der Waals surface area contributed by atoms with Crippen molar-refractivity contribution in [1.29, 1.82) is 0 Å². The van der Waals surface area contributed by atoms with Crippen molar-refractivity contribution in [3.05, 3.63) is 35.9 Å². The number of likely N-dealkylation sites (N-methyl/N-ethyl adjacent to an activating group) is 1. The molecule has 4 atom stereocenters. The minimum atomic E-state index is -2.49. The Bertz CT molecular complexity index is 735. The number of amides is 3. The van der Waals surface area contributed by atoms with Gasteiger partial charge in [0.05, 0.1) is 6.54 Å². The molecule has 4 unspecified atom stereocenters. The first-order valence-electron chi connectivity index (χ1n) is 11.6. The lowest BCUT2D eigenvalue weighted by Crippen LogP contribution is -2.50. The van der Waals surface area contributed by atoms with Gasteiger partial charge in [-0.25, -0.2) is 8.78 Å². The first-order chi connectivity index (χ1) is 16.1. The van der Waals surface area contributed by atoms with E-state index in [0.717, 1.165) is 0 Å². The Hall–Kier alpha value is -2.59. The minimum Gasteiger partial charge on any atom is -0.382 e. The van der Waals surface area contributed by atoms with Crippen LogP contribution in [0.25, 0.3) is 0 Å². The number of aliphatic hydroxyl groups excluding tert-OH is 1. The average Bonchev–Trinajstić information content (AvgIpc) is 2.81. The molecule has 1 rings (SSSR count). The van der Waals surface area contributed by atoms with Gasteiger partial charge in [-0.2, -0.15) is 0 Å². The number of hydrogen-bond acceptors (Lipinski definition) is 5. The second-order valence-electron chi connectivity index (χ2n) is 7.99. The van der Waals surface area contributed by atoms with Gasteiger partial charge >= 0.3 is 0 Å². The standard InChI is InChI=1S/C22H34F2N4O4.C2H6/c1-4-8-14(12-17(23)24)11-16(25)20(30)21(31)26-13-18(29)27-19(22(32)28(2)3)15-9-6-5-7-10-15;1-2/h5-7,9-10,14,16-17,19-20,30H,4,8,11-13,25H2,1-3H3,(H,26,31)(H,27,29);1-2H3. The number of carbonyl (C=O) groups is 3. The summed E-state index contributed by atoms with van der Waals surface area (Å²) in [6.07, 6.45) is -3.23. The van der Waals surface area contributed by atoms with Crippen molar-refractivity contribution >= 4 is 17.7 Å². The lowest BCUT2D eigenvalue weighted by molar-refractivity contribution is -0.135. The highest BCUT2D eigenvalue weighted by Crippen LogP contribution is 2.22. The maximum atomic E-state index is 12.7. The summed E-state index contributed by atoms with van der Waals surface area (Å²) < 4.78 is 25.4. The first-order valence-corrected chi connectivity index (χ1v) is 11.6. The van der Waals surface area contributed by atoms with Crippen LogP contribution in [0.1, 0.15) is 58.1 Å². The molecule has 0 bridgehead atoms. The number of nitrogens with two attached hydrogens (primary N) is 1. The predicted octanol–water partition coefficient (Wildman–Crippen LogP) is 2.22. The summed E-state index contributed by atoms with van der Waals surface area (Å²) in [4.78, 5) is 38.3. The molecule has 8 nitrogen and oxygen atoms in total. The van der Waals surface area contributed by atoms with E-state index in [1.807, 2.05) is 20.8 Å². The van der Waals surface area contributed by atoms with Gasteiger partial charge in [0.15, 0.2) is 0 Å². The van der Waals surface area contributed by atoms with Gasteiger partial charge in [0.1, 0.15) is 12.1 Å². The van der Waals surface area contributed by atoms with Crippen LogP contribution < -0.4 is 16.4 Å². The van der Waals surface area contributed by atoms with Crippen LogP contribution in [0.15, 0.2) is 30.3 Å². The smallest absolute Gasteiger partial charge is 0.250 e. The summed E-state index contributed by atoms with van der Waals surface area (Å²) in [5.74, 6) is -2.27. The Labute approximate surface area is 201 Å². The normalized spacial score (nSPS) is 14.2. The van der Waals surface area contributed by atoms with Crippen LogP contribution in [0.3, 0.4) is 0 Å². The van der Waals surface area contributed by atoms with Crippen molar-refractivity contribution in [2.45, 2.75) is 71.1 Å². The minimum absolute atomic E-state index is 0.0619. The van der Waals surface area contributed by atoms with Crippen molar-refractivity contribution < 1.29 is 28.3 Å². The number of carbonyl (C=O) groups excluding carboxylic acids is 3. The number of halogens is 2. The van der Waals surface area contributed by atoms with Crippen molar-refractivity contribution in [3.63, 3.8) is 0 Å². The molecule has 0 fully saturated rings. The number of benzene rings is 1. The molecule has 0 aliphatic rings. The van der Waals surface area contributed by atoms with Crippen LogP contribution in [0.5, 0.6) is 0 Å². The molecule has 0 heterocycles. The fourth-order valence-electron chi connectivity index (χ4n) is 3.38. The Kier molecular flexibility index (Phi) is 15.6. The van der Waals surface area contributed by atoms with Crippen LogP contribution in [0.4, 0.5) is 8.78 Å². The summed E-state index contributed by atoms with van der Waals surface area (Å²) in [6.45, 7) is 5.37. The van der Waals surface area contributed by atoms with Gasteiger partial charge in [0, 0.05) is 26.6 Å². The second kappa shape index (κ2) is 16.9. The van der Waals surface area contributed by atoms with E-state index in [0.29, 0.717) is 18.4 Å². The van der Waals surface area contributed by atoms with E-state index in [1.54, 1.807) is 44.4 Å². The van der Waals surface area contributed by atoms with E-state index >= 15 is 0 Å². The van der Waals surface area contributed by atoms with Gasteiger partial charge in [0.25, 0.3) is 5.91 Å². The number of nitrogens with zero attached hydrogens (tertiary/aromatic N) is 1. The highest BCUT2D eigenvalue weighted by Gasteiger charge is 2.28. The van der Waals surface area contributed by atoms with Crippen LogP contribution >= 0.6 is 0 Å². The van der Waals surface area contributed by atoms with E-state index in [4.69, 9.17) is 5.73 Å². The molecule has 34 heavy (non-hydrogen) atoms. The van der Waals surface area contributed by atoms with E-state index in [2.05, 4.69) is 10.6 Å². The zero-order valence-corrected chi connectivity index (χ0v) is 20.8. The van der Waals surface area contributed by atoms with E-state index in [-0.39, 0.29) is 18.7 Å². The summed E-state index contributed by atoms with van der Waals surface area (Å²) >= 11 is 0. The van der Waals surface area contributed by atoms with Gasteiger partial charge in [-0.05, 0) is 17.9 Å². The Morgan fingerprint density at radius 1 is 1.09 bits per heavy atom. The molecular formula is C24H40F2N4O4. The molecule has 194 valence electrons. The van der Waals surface area contributed by atoms with Crippen LogP contribution in [-0.2, 0) is 14.4 Å². The first kappa shape index (κ1) is 31.4. The number of alkyl halides is 2. The zero-order valence-electron chi connectivity index (χ0n) is 20.8. The maximum Gasteiger partial charge on any atom is 0.250 e. The number of aliphatic hydroxyl groups is 1. The number of nitrogens with one attached hydrogen (secondary N) is 2. The maximum absolute atomic E-state index is 12.7. The molecule has 3 amide bonds. The SMILES string of the molecule is CC.CCCC(CC(F)F)CC(N)C(O)C(=O)NCC(=O)NC(C(=O)N(C)C)c1ccccc1. The summed E-state index contributed by atoms with van der Waals surface area (Å²) in [5.41, 5.74) is 6.43. The largest absolute Gasteiger partial charge is 0.382 e. The molecule has 0 aliphatic carbocycles. The number of hydrogen-bond donors (Lipinski definition) is 4. The van der Waals surface area contributed by atoms with E-state index in [1.165, 1.54) is 4.90 Å². The molecule has 1 aromatic rings. The third-order valence-electron chi connectivity index (χ3n) is 5.04. The summed E-state index contributed by atoms with van der Waals surface area (Å²) in [5, 5.41) is 15.0. The molecule has 0 aliphatic heterocycles. The molecule has 1 aromatic carbocycles. The van der Waals surface area contributed by atoms with Crippen molar-refractivity contribution in [2.75, 3.05) is 20.6 Å². The Balaban J connectivity index is 0.00000529. The lowest BCUT2D eigenvalue weighted by Gasteiger charge is -2.24. The van der Waals surface area contributed by atoms with Crippen molar-refractivity contribution in [1.82, 2.24) is 15.5 Å².